The number of ketones is 1. The molecule has 0 saturated heterocycles. The number of carbonyl (C=O) groups is 1. The highest BCUT2D eigenvalue weighted by atomic mass is 19.4. The van der Waals surface area contributed by atoms with Crippen LogP contribution < -0.4 is 4.74 Å². The Morgan fingerprint density at radius 2 is 1.53 bits per heavy atom. The van der Waals surface area contributed by atoms with Gasteiger partial charge in [-0.05, 0) is 55.0 Å². The van der Waals surface area contributed by atoms with Crippen LogP contribution >= 0.6 is 0 Å². The molecule has 0 spiro atoms. The molecule has 3 rings (SSSR count). The SMILES string of the molecule is CCCc1ccc(-c2ccc(CCCC(=O)c3ccc(OCC)c(F)c3C(F)(F)F)c(F)c2F)cc1. The minimum atomic E-state index is -5.11. The highest BCUT2D eigenvalue weighted by Crippen LogP contribution is 2.38. The molecule has 2 nitrogen and oxygen atoms in total. The lowest BCUT2D eigenvalue weighted by atomic mass is 9.96. The van der Waals surface area contributed by atoms with Gasteiger partial charge < -0.3 is 4.74 Å². The molecule has 36 heavy (non-hydrogen) atoms. The Bertz CT molecular complexity index is 1220. The second kappa shape index (κ2) is 11.6. The first-order valence-electron chi connectivity index (χ1n) is 11.7. The molecule has 0 N–H and O–H groups in total. The van der Waals surface area contributed by atoms with Gasteiger partial charge in [0, 0.05) is 17.5 Å². The molecule has 0 aliphatic carbocycles. The van der Waals surface area contributed by atoms with Gasteiger partial charge in [-0.2, -0.15) is 13.2 Å². The first kappa shape index (κ1) is 27.3. The van der Waals surface area contributed by atoms with Gasteiger partial charge in [-0.25, -0.2) is 13.2 Å². The number of rotatable bonds is 10. The van der Waals surface area contributed by atoms with E-state index in [1.165, 1.54) is 19.1 Å². The van der Waals surface area contributed by atoms with Crippen molar-refractivity contribution >= 4 is 5.78 Å². The summed E-state index contributed by atoms with van der Waals surface area (Å²) in [5, 5.41) is 0. The van der Waals surface area contributed by atoms with Crippen LogP contribution in [0.5, 0.6) is 5.75 Å². The third kappa shape index (κ3) is 6.09. The molecular formula is C28H26F6O2. The molecule has 0 fully saturated rings. The molecular weight excluding hydrogens is 482 g/mol. The van der Waals surface area contributed by atoms with Gasteiger partial charge >= 0.3 is 6.18 Å². The summed E-state index contributed by atoms with van der Waals surface area (Å²) in [6.07, 6.45) is -3.80. The molecule has 0 atom stereocenters. The predicted molar refractivity (Wildman–Crippen MR) is 126 cm³/mol. The average Bonchev–Trinajstić information content (AvgIpc) is 2.83. The molecule has 0 aliphatic rings. The number of Topliss-reactive ketones (excluding diaryl/α,β-unsaturated/α-hetero) is 1. The summed E-state index contributed by atoms with van der Waals surface area (Å²) >= 11 is 0. The smallest absolute Gasteiger partial charge is 0.420 e. The van der Waals surface area contributed by atoms with Gasteiger partial charge in [0.2, 0.25) is 0 Å². The maximum Gasteiger partial charge on any atom is 0.420 e. The van der Waals surface area contributed by atoms with Gasteiger partial charge in [-0.1, -0.05) is 49.7 Å². The minimum Gasteiger partial charge on any atom is -0.491 e. The Morgan fingerprint density at radius 1 is 0.833 bits per heavy atom. The van der Waals surface area contributed by atoms with Crippen LogP contribution in [0.2, 0.25) is 0 Å². The number of hydrogen-bond donors (Lipinski definition) is 0. The first-order chi connectivity index (χ1) is 17.1. The van der Waals surface area contributed by atoms with Gasteiger partial charge in [-0.15, -0.1) is 0 Å². The van der Waals surface area contributed by atoms with Crippen molar-refractivity contribution in [3.8, 4) is 16.9 Å². The van der Waals surface area contributed by atoms with Crippen molar-refractivity contribution in [1.29, 1.82) is 0 Å². The fraction of sp³-hybridized carbons (Fsp3) is 0.321. The molecule has 0 aromatic heterocycles. The largest absolute Gasteiger partial charge is 0.491 e. The van der Waals surface area contributed by atoms with E-state index in [4.69, 9.17) is 4.74 Å². The Kier molecular flexibility index (Phi) is 8.82. The number of ether oxygens (including phenoxy) is 1. The zero-order valence-electron chi connectivity index (χ0n) is 19.9. The molecule has 0 bridgehead atoms. The lowest BCUT2D eigenvalue weighted by Crippen LogP contribution is -2.17. The van der Waals surface area contributed by atoms with E-state index in [2.05, 4.69) is 0 Å². The number of aryl methyl sites for hydroxylation is 2. The molecule has 0 amide bonds. The van der Waals surface area contributed by atoms with Crippen molar-refractivity contribution in [1.82, 2.24) is 0 Å². The van der Waals surface area contributed by atoms with Crippen LogP contribution in [0.4, 0.5) is 26.3 Å². The molecule has 3 aromatic carbocycles. The van der Waals surface area contributed by atoms with Crippen molar-refractivity contribution < 1.29 is 35.9 Å². The summed E-state index contributed by atoms with van der Waals surface area (Å²) in [7, 11) is 0. The summed E-state index contributed by atoms with van der Waals surface area (Å²) in [5.74, 6) is -5.30. The first-order valence-corrected chi connectivity index (χ1v) is 11.7. The lowest BCUT2D eigenvalue weighted by Gasteiger charge is -2.16. The number of alkyl halides is 3. The number of halogens is 6. The molecule has 192 valence electrons. The van der Waals surface area contributed by atoms with Crippen LogP contribution in [0.25, 0.3) is 11.1 Å². The molecule has 0 saturated carbocycles. The van der Waals surface area contributed by atoms with Crippen molar-refractivity contribution in [3.63, 3.8) is 0 Å². The maximum absolute atomic E-state index is 14.8. The van der Waals surface area contributed by atoms with Gasteiger partial charge in [0.25, 0.3) is 0 Å². The molecule has 8 heteroatoms. The van der Waals surface area contributed by atoms with Crippen LogP contribution in [0, 0.1) is 17.5 Å². The van der Waals surface area contributed by atoms with Crippen LogP contribution in [0.3, 0.4) is 0 Å². The van der Waals surface area contributed by atoms with Gasteiger partial charge in [0.05, 0.1) is 6.61 Å². The topological polar surface area (TPSA) is 26.3 Å². The highest BCUT2D eigenvalue weighted by molar-refractivity contribution is 5.98. The third-order valence-corrected chi connectivity index (χ3v) is 5.81. The van der Waals surface area contributed by atoms with Crippen molar-refractivity contribution in [3.05, 3.63) is 88.2 Å². The standard InChI is InChI=1S/C28H26F6O2/c1-3-6-17-9-11-18(12-10-17)20-14-13-19(25(29)26(20)30)7-5-8-22(35)21-15-16-23(36-4-2)27(31)24(21)28(32,33)34/h9-16H,3-8H2,1-2H3. The Balaban J connectivity index is 1.74. The van der Waals surface area contributed by atoms with Crippen LogP contribution in [-0.2, 0) is 19.0 Å². The van der Waals surface area contributed by atoms with Gasteiger partial charge in [-0.3, -0.25) is 4.79 Å². The third-order valence-electron chi connectivity index (χ3n) is 5.81. The summed E-state index contributed by atoms with van der Waals surface area (Å²) in [6.45, 7) is 3.48. The lowest BCUT2D eigenvalue weighted by molar-refractivity contribution is -0.140. The van der Waals surface area contributed by atoms with Crippen LogP contribution in [-0.4, -0.2) is 12.4 Å². The van der Waals surface area contributed by atoms with E-state index in [0.29, 0.717) is 5.56 Å². The monoisotopic (exact) mass is 508 g/mol. The minimum absolute atomic E-state index is 0.000530. The zero-order chi connectivity index (χ0) is 26.5. The second-order valence-corrected chi connectivity index (χ2v) is 8.35. The zero-order valence-corrected chi connectivity index (χ0v) is 19.9. The molecule has 0 unspecified atom stereocenters. The molecule has 0 aliphatic heterocycles. The van der Waals surface area contributed by atoms with E-state index < -0.39 is 52.7 Å². The predicted octanol–water partition coefficient (Wildman–Crippen LogP) is 8.35. The van der Waals surface area contributed by atoms with E-state index in [1.54, 1.807) is 12.1 Å². The number of benzene rings is 3. The quantitative estimate of drug-likeness (QED) is 0.203. The molecule has 0 heterocycles. The van der Waals surface area contributed by atoms with Crippen LogP contribution in [0.15, 0.2) is 48.5 Å². The number of hydrogen-bond acceptors (Lipinski definition) is 2. The van der Waals surface area contributed by atoms with E-state index in [9.17, 15) is 31.1 Å². The van der Waals surface area contributed by atoms with Crippen molar-refractivity contribution in [2.45, 2.75) is 52.1 Å². The highest BCUT2D eigenvalue weighted by Gasteiger charge is 2.40. The van der Waals surface area contributed by atoms with E-state index in [1.807, 2.05) is 19.1 Å². The summed E-state index contributed by atoms with van der Waals surface area (Å²) < 4.78 is 89.2. The summed E-state index contributed by atoms with van der Waals surface area (Å²) in [6, 6.07) is 11.8. The average molecular weight is 509 g/mol. The van der Waals surface area contributed by atoms with E-state index in [0.717, 1.165) is 30.5 Å². The van der Waals surface area contributed by atoms with Crippen molar-refractivity contribution in [2.75, 3.05) is 6.61 Å². The Morgan fingerprint density at radius 3 is 2.14 bits per heavy atom. The van der Waals surface area contributed by atoms with E-state index >= 15 is 0 Å². The van der Waals surface area contributed by atoms with Crippen molar-refractivity contribution in [2.24, 2.45) is 0 Å². The second-order valence-electron chi connectivity index (χ2n) is 8.35. The number of carbonyl (C=O) groups excluding carboxylic acids is 1. The van der Waals surface area contributed by atoms with Gasteiger partial charge in [0.1, 0.15) is 5.56 Å². The Labute approximate surface area is 205 Å². The Hall–Kier alpha value is -3.29. The van der Waals surface area contributed by atoms with E-state index in [-0.39, 0.29) is 30.6 Å². The molecule has 3 aromatic rings. The summed E-state index contributed by atoms with van der Waals surface area (Å²) in [5.41, 5.74) is -0.813. The fourth-order valence-corrected chi connectivity index (χ4v) is 4.05. The normalized spacial score (nSPS) is 11.6. The van der Waals surface area contributed by atoms with Crippen LogP contribution in [0.1, 0.15) is 60.2 Å². The fourth-order valence-electron chi connectivity index (χ4n) is 4.05. The maximum atomic E-state index is 14.8. The summed E-state index contributed by atoms with van der Waals surface area (Å²) in [4.78, 5) is 12.5. The van der Waals surface area contributed by atoms with Gasteiger partial charge in [0.15, 0.2) is 29.0 Å². The molecule has 0 radical (unpaired) electrons.